The Labute approximate surface area is 169 Å². The number of halogens is 1. The van der Waals surface area contributed by atoms with E-state index < -0.39 is 0 Å². The second-order valence-electron chi connectivity index (χ2n) is 6.65. The summed E-state index contributed by atoms with van der Waals surface area (Å²) >= 11 is 5.81. The van der Waals surface area contributed by atoms with Crippen LogP contribution in [0.1, 0.15) is 31.7 Å². The molecule has 2 aromatic rings. The Hall–Kier alpha value is -2.86. The Kier molecular flexibility index (Phi) is 8.49. The van der Waals surface area contributed by atoms with Crippen molar-refractivity contribution in [3.63, 3.8) is 0 Å². The Morgan fingerprint density at radius 1 is 0.857 bits per heavy atom. The molecular formula is C21H24ClN3O3. The quantitative estimate of drug-likeness (QED) is 0.592. The van der Waals surface area contributed by atoms with Gasteiger partial charge in [0.25, 0.3) is 0 Å². The normalized spacial score (nSPS) is 11.4. The summed E-state index contributed by atoms with van der Waals surface area (Å²) in [6.45, 7) is 1.80. The molecule has 0 saturated heterocycles. The topological polar surface area (TPSA) is 87.3 Å². The number of hydrogen-bond donors (Lipinski definition) is 3. The molecular weight excluding hydrogens is 378 g/mol. The lowest BCUT2D eigenvalue weighted by Crippen LogP contribution is -2.42. The van der Waals surface area contributed by atoms with Crippen LogP contribution in [0.2, 0.25) is 5.02 Å². The molecule has 7 heteroatoms. The number of hydrogen-bond acceptors (Lipinski definition) is 3. The highest BCUT2D eigenvalue weighted by molar-refractivity contribution is 6.30. The highest BCUT2D eigenvalue weighted by atomic mass is 35.5. The minimum atomic E-state index is -0.333. The maximum atomic E-state index is 12.0. The fourth-order valence-electron chi connectivity index (χ4n) is 2.61. The number of rotatable bonds is 8. The molecule has 0 fully saturated rings. The fourth-order valence-corrected chi connectivity index (χ4v) is 2.73. The summed E-state index contributed by atoms with van der Waals surface area (Å²) in [4.78, 5) is 35.8. The zero-order valence-corrected chi connectivity index (χ0v) is 16.5. The Balaban J connectivity index is 1.63. The van der Waals surface area contributed by atoms with Crippen LogP contribution in [0.4, 0.5) is 5.69 Å². The average molecular weight is 402 g/mol. The summed E-state index contributed by atoms with van der Waals surface area (Å²) in [6, 6.07) is 16.4. The smallest absolute Gasteiger partial charge is 0.238 e. The van der Waals surface area contributed by atoms with Crippen molar-refractivity contribution in [2.75, 3.05) is 5.32 Å². The van der Waals surface area contributed by atoms with E-state index in [1.54, 1.807) is 31.2 Å². The number of nitrogens with one attached hydrogen (secondary N) is 3. The molecule has 0 spiro atoms. The Morgan fingerprint density at radius 2 is 1.46 bits per heavy atom. The zero-order chi connectivity index (χ0) is 20.4. The summed E-state index contributed by atoms with van der Waals surface area (Å²) < 4.78 is 0. The minimum absolute atomic E-state index is 0.132. The van der Waals surface area contributed by atoms with Crippen LogP contribution in [-0.4, -0.2) is 17.7 Å². The van der Waals surface area contributed by atoms with Gasteiger partial charge in [0.15, 0.2) is 0 Å². The van der Waals surface area contributed by atoms with Gasteiger partial charge in [0.05, 0.1) is 0 Å². The summed E-state index contributed by atoms with van der Waals surface area (Å²) in [6.07, 6.45) is 1.21. The van der Waals surface area contributed by atoms with Gasteiger partial charge in [-0.05, 0) is 42.2 Å². The highest BCUT2D eigenvalue weighted by Crippen LogP contribution is 2.15. The largest absolute Gasteiger partial charge is 0.326 e. The summed E-state index contributed by atoms with van der Waals surface area (Å²) in [5, 5.41) is 3.35. The van der Waals surface area contributed by atoms with Gasteiger partial charge >= 0.3 is 0 Å². The predicted molar refractivity (Wildman–Crippen MR) is 110 cm³/mol. The van der Waals surface area contributed by atoms with E-state index in [0.717, 1.165) is 5.56 Å². The molecule has 0 saturated carbocycles. The van der Waals surface area contributed by atoms with Crippen molar-refractivity contribution in [1.29, 1.82) is 0 Å². The average Bonchev–Trinajstić information content (AvgIpc) is 2.67. The van der Waals surface area contributed by atoms with Gasteiger partial charge in [-0.3, -0.25) is 25.2 Å². The van der Waals surface area contributed by atoms with Crippen LogP contribution in [0.3, 0.4) is 0 Å². The van der Waals surface area contributed by atoms with Gasteiger partial charge in [-0.2, -0.15) is 0 Å². The highest BCUT2D eigenvalue weighted by Gasteiger charge is 2.14. The third kappa shape index (κ3) is 8.22. The molecule has 0 unspecified atom stereocenters. The number of amides is 3. The molecule has 2 aromatic carbocycles. The zero-order valence-electron chi connectivity index (χ0n) is 15.7. The second-order valence-corrected chi connectivity index (χ2v) is 7.09. The molecule has 0 radical (unpaired) electrons. The van der Waals surface area contributed by atoms with E-state index in [1.807, 2.05) is 30.3 Å². The van der Waals surface area contributed by atoms with Crippen molar-refractivity contribution in [3.05, 3.63) is 65.2 Å². The van der Waals surface area contributed by atoms with Crippen molar-refractivity contribution in [2.24, 2.45) is 5.92 Å². The van der Waals surface area contributed by atoms with Gasteiger partial charge in [-0.15, -0.1) is 0 Å². The number of hydrazine groups is 1. The molecule has 28 heavy (non-hydrogen) atoms. The lowest BCUT2D eigenvalue weighted by Gasteiger charge is -2.12. The van der Waals surface area contributed by atoms with Crippen LogP contribution in [0.25, 0.3) is 0 Å². The molecule has 3 N–H and O–H groups in total. The molecule has 1 atom stereocenters. The molecule has 3 amide bonds. The molecule has 0 bridgehead atoms. The lowest BCUT2D eigenvalue weighted by molar-refractivity contribution is -0.129. The van der Waals surface area contributed by atoms with Crippen LogP contribution in [0.5, 0.6) is 0 Å². The van der Waals surface area contributed by atoms with Gasteiger partial charge in [0.1, 0.15) is 0 Å². The monoisotopic (exact) mass is 401 g/mol. The molecule has 148 valence electrons. The van der Waals surface area contributed by atoms with E-state index in [0.29, 0.717) is 17.1 Å². The maximum absolute atomic E-state index is 12.0. The summed E-state index contributed by atoms with van der Waals surface area (Å²) in [7, 11) is 0. The van der Waals surface area contributed by atoms with Crippen LogP contribution in [0, 0.1) is 5.92 Å². The summed E-state index contributed by atoms with van der Waals surface area (Å²) in [5.74, 6) is -0.951. The van der Waals surface area contributed by atoms with Gasteiger partial charge < -0.3 is 5.32 Å². The van der Waals surface area contributed by atoms with E-state index >= 15 is 0 Å². The van der Waals surface area contributed by atoms with Gasteiger partial charge in [-0.1, -0.05) is 48.9 Å². The standard InChI is InChI=1S/C21H24ClN3O3/c1-15(13-20(27)23-18-10-8-17(22)9-11-18)14-21(28)25-24-19(26)12-7-16-5-3-2-4-6-16/h2-6,8-11,15H,7,12-14H2,1H3,(H,23,27)(H,24,26)(H,25,28)/t15-/m1/s1. The summed E-state index contributed by atoms with van der Waals surface area (Å²) in [5.41, 5.74) is 6.51. The fraction of sp³-hybridized carbons (Fsp3) is 0.286. The lowest BCUT2D eigenvalue weighted by atomic mass is 10.0. The first-order valence-electron chi connectivity index (χ1n) is 9.09. The number of benzene rings is 2. The van der Waals surface area contributed by atoms with Crippen molar-refractivity contribution in [3.8, 4) is 0 Å². The van der Waals surface area contributed by atoms with E-state index in [2.05, 4.69) is 16.2 Å². The maximum Gasteiger partial charge on any atom is 0.238 e. The van der Waals surface area contributed by atoms with Crippen LogP contribution >= 0.6 is 11.6 Å². The second kappa shape index (κ2) is 11.1. The number of anilines is 1. The van der Waals surface area contributed by atoms with E-state index in [4.69, 9.17) is 11.6 Å². The first-order chi connectivity index (χ1) is 13.4. The number of carbonyl (C=O) groups excluding carboxylic acids is 3. The van der Waals surface area contributed by atoms with Crippen LogP contribution in [-0.2, 0) is 20.8 Å². The molecule has 0 aliphatic heterocycles. The van der Waals surface area contributed by atoms with Crippen molar-refractivity contribution in [1.82, 2.24) is 10.9 Å². The van der Waals surface area contributed by atoms with E-state index in [1.165, 1.54) is 0 Å². The van der Waals surface area contributed by atoms with Crippen molar-refractivity contribution < 1.29 is 14.4 Å². The SMILES string of the molecule is C[C@@H](CC(=O)NNC(=O)CCc1ccccc1)CC(=O)Nc1ccc(Cl)cc1. The number of aryl methyl sites for hydroxylation is 1. The molecule has 2 rings (SSSR count). The Morgan fingerprint density at radius 3 is 2.14 bits per heavy atom. The third-order valence-corrected chi connectivity index (χ3v) is 4.27. The third-order valence-electron chi connectivity index (χ3n) is 4.02. The van der Waals surface area contributed by atoms with Crippen LogP contribution in [0.15, 0.2) is 54.6 Å². The predicted octanol–water partition coefficient (Wildman–Crippen LogP) is 3.48. The number of carbonyl (C=O) groups is 3. The van der Waals surface area contributed by atoms with Gasteiger partial charge in [0.2, 0.25) is 17.7 Å². The molecule has 6 nitrogen and oxygen atoms in total. The van der Waals surface area contributed by atoms with E-state index in [9.17, 15) is 14.4 Å². The molecule has 0 aromatic heterocycles. The Bertz CT molecular complexity index is 794. The first kappa shape index (κ1) is 21.4. The van der Waals surface area contributed by atoms with E-state index in [-0.39, 0.29) is 42.9 Å². The minimum Gasteiger partial charge on any atom is -0.326 e. The van der Waals surface area contributed by atoms with Gasteiger partial charge in [0, 0.05) is 30.0 Å². The first-order valence-corrected chi connectivity index (χ1v) is 9.47. The van der Waals surface area contributed by atoms with Gasteiger partial charge in [-0.25, -0.2) is 0 Å². The molecule has 0 aliphatic rings. The molecule has 0 aliphatic carbocycles. The van der Waals surface area contributed by atoms with Crippen molar-refractivity contribution >= 4 is 35.0 Å². The van der Waals surface area contributed by atoms with Crippen molar-refractivity contribution in [2.45, 2.75) is 32.6 Å². The van der Waals surface area contributed by atoms with Crippen LogP contribution < -0.4 is 16.2 Å². The molecule has 0 heterocycles.